The Morgan fingerprint density at radius 3 is 2.65 bits per heavy atom. The van der Waals surface area contributed by atoms with Crippen molar-refractivity contribution >= 4 is 11.8 Å². The third-order valence-corrected chi connectivity index (χ3v) is 6.10. The number of hydrogen-bond acceptors (Lipinski definition) is 4. The molecule has 26 heavy (non-hydrogen) atoms. The molecule has 1 unspecified atom stereocenters. The number of methoxy groups -OCH3 is 1. The summed E-state index contributed by atoms with van der Waals surface area (Å²) in [6.45, 7) is 3.22. The van der Waals surface area contributed by atoms with E-state index in [1.807, 2.05) is 12.1 Å². The molecule has 1 aliphatic heterocycles. The number of rotatable bonds is 7. The first-order valence-electron chi connectivity index (χ1n) is 9.25. The third kappa shape index (κ3) is 4.81. The van der Waals surface area contributed by atoms with Crippen molar-refractivity contribution in [1.82, 2.24) is 4.90 Å². The molecule has 140 valence electrons. The second kappa shape index (κ2) is 8.94. The van der Waals surface area contributed by atoms with Crippen LogP contribution in [0.5, 0.6) is 5.75 Å². The fourth-order valence-electron chi connectivity index (χ4n) is 3.98. The fraction of sp³-hybridized carbons (Fsp3) is 0.455. The number of benzene rings is 2. The summed E-state index contributed by atoms with van der Waals surface area (Å²) in [5.41, 5.74) is 2.52. The average Bonchev–Trinajstić information content (AvgIpc) is 2.69. The minimum Gasteiger partial charge on any atom is -0.497 e. The molecule has 2 aromatic carbocycles. The Balaban J connectivity index is 1.69. The van der Waals surface area contributed by atoms with E-state index >= 15 is 0 Å². The van der Waals surface area contributed by atoms with Gasteiger partial charge in [-0.2, -0.15) is 0 Å². The van der Waals surface area contributed by atoms with Crippen LogP contribution in [0.4, 0.5) is 0 Å². The van der Waals surface area contributed by atoms with Crippen LogP contribution in [-0.2, 0) is 13.0 Å². The normalized spacial score (nSPS) is 20.9. The number of ether oxygens (including phenoxy) is 1. The van der Waals surface area contributed by atoms with Gasteiger partial charge in [0.1, 0.15) is 5.75 Å². The van der Waals surface area contributed by atoms with Crippen molar-refractivity contribution in [3.63, 3.8) is 0 Å². The number of aliphatic hydroxyl groups excluding tert-OH is 1. The highest BCUT2D eigenvalue weighted by atomic mass is 32.2. The van der Waals surface area contributed by atoms with Gasteiger partial charge in [-0.3, -0.25) is 4.90 Å². The molecule has 1 N–H and O–H groups in total. The molecule has 0 aromatic heterocycles. The van der Waals surface area contributed by atoms with Crippen molar-refractivity contribution in [3.8, 4) is 5.75 Å². The number of likely N-dealkylation sites (tertiary alicyclic amines) is 1. The minimum atomic E-state index is -0.0656. The number of hydrogen-bond donors (Lipinski definition) is 1. The molecule has 0 bridgehead atoms. The van der Waals surface area contributed by atoms with Gasteiger partial charge in [-0.1, -0.05) is 24.3 Å². The predicted octanol–water partition coefficient (Wildman–Crippen LogP) is 4.23. The number of aliphatic hydroxyl groups is 1. The second-order valence-corrected chi connectivity index (χ2v) is 8.23. The van der Waals surface area contributed by atoms with E-state index in [0.717, 1.165) is 44.6 Å². The molecule has 3 nitrogen and oxygen atoms in total. The number of thioether (sulfide) groups is 1. The summed E-state index contributed by atoms with van der Waals surface area (Å²) >= 11 is 1.77. The molecule has 2 aromatic rings. The van der Waals surface area contributed by atoms with Gasteiger partial charge in [0.2, 0.25) is 0 Å². The molecule has 0 radical (unpaired) electrons. The molecular weight excluding hydrogens is 342 g/mol. The van der Waals surface area contributed by atoms with Gasteiger partial charge in [-0.05, 0) is 67.5 Å². The minimum absolute atomic E-state index is 0.0656. The van der Waals surface area contributed by atoms with Crippen LogP contribution in [-0.4, -0.2) is 43.1 Å². The Kier molecular flexibility index (Phi) is 6.63. The van der Waals surface area contributed by atoms with E-state index in [9.17, 15) is 5.11 Å². The standard InChI is InChI=1S/C22H29NO2S/c1-25-20-6-3-5-19(13-20)14-22(17-24)11-4-12-23(16-22)15-18-7-9-21(26-2)10-8-18/h3,5-10,13,24H,4,11-12,14-17H2,1-2H3. The van der Waals surface area contributed by atoms with E-state index in [1.165, 1.54) is 16.0 Å². The summed E-state index contributed by atoms with van der Waals surface area (Å²) in [5, 5.41) is 10.2. The lowest BCUT2D eigenvalue weighted by molar-refractivity contribution is 0.0288. The Bertz CT molecular complexity index is 704. The molecule has 1 atom stereocenters. The van der Waals surface area contributed by atoms with Crippen LogP contribution in [0.1, 0.15) is 24.0 Å². The number of piperidine rings is 1. The first kappa shape index (κ1) is 19.3. The van der Waals surface area contributed by atoms with Gasteiger partial charge in [0, 0.05) is 23.4 Å². The van der Waals surface area contributed by atoms with Crippen LogP contribution in [0.25, 0.3) is 0 Å². The van der Waals surface area contributed by atoms with E-state index in [0.29, 0.717) is 0 Å². The highest BCUT2D eigenvalue weighted by Gasteiger charge is 2.35. The molecule has 0 amide bonds. The van der Waals surface area contributed by atoms with Gasteiger partial charge in [0.25, 0.3) is 0 Å². The van der Waals surface area contributed by atoms with Gasteiger partial charge in [0.15, 0.2) is 0 Å². The number of nitrogens with zero attached hydrogens (tertiary/aromatic N) is 1. The van der Waals surface area contributed by atoms with E-state index in [2.05, 4.69) is 47.6 Å². The van der Waals surface area contributed by atoms with Crippen molar-refractivity contribution in [1.29, 1.82) is 0 Å². The third-order valence-electron chi connectivity index (χ3n) is 5.35. The quantitative estimate of drug-likeness (QED) is 0.738. The van der Waals surface area contributed by atoms with Crippen LogP contribution in [0.3, 0.4) is 0 Å². The van der Waals surface area contributed by atoms with Crippen LogP contribution < -0.4 is 4.74 Å². The molecule has 1 aliphatic rings. The molecule has 0 saturated carbocycles. The maximum atomic E-state index is 10.2. The van der Waals surface area contributed by atoms with Gasteiger partial charge >= 0.3 is 0 Å². The Morgan fingerprint density at radius 2 is 1.96 bits per heavy atom. The van der Waals surface area contributed by atoms with Gasteiger partial charge in [-0.15, -0.1) is 11.8 Å². The van der Waals surface area contributed by atoms with E-state index in [4.69, 9.17) is 4.74 Å². The maximum Gasteiger partial charge on any atom is 0.119 e. The van der Waals surface area contributed by atoms with Gasteiger partial charge in [0.05, 0.1) is 13.7 Å². The summed E-state index contributed by atoms with van der Waals surface area (Å²) < 4.78 is 5.35. The molecule has 4 heteroatoms. The Hall–Kier alpha value is -1.49. The zero-order valence-corrected chi connectivity index (χ0v) is 16.6. The summed E-state index contributed by atoms with van der Waals surface area (Å²) in [6, 6.07) is 17.1. The lowest BCUT2D eigenvalue weighted by Gasteiger charge is -2.42. The zero-order chi connectivity index (χ0) is 18.4. The van der Waals surface area contributed by atoms with Crippen LogP contribution in [0.15, 0.2) is 53.4 Å². The lowest BCUT2D eigenvalue weighted by atomic mass is 9.75. The Labute approximate surface area is 161 Å². The Morgan fingerprint density at radius 1 is 1.15 bits per heavy atom. The molecular formula is C22H29NO2S. The largest absolute Gasteiger partial charge is 0.497 e. The maximum absolute atomic E-state index is 10.2. The van der Waals surface area contributed by atoms with Crippen molar-refractivity contribution in [2.45, 2.75) is 30.7 Å². The monoisotopic (exact) mass is 371 g/mol. The van der Waals surface area contributed by atoms with E-state index < -0.39 is 0 Å². The van der Waals surface area contributed by atoms with Gasteiger partial charge in [-0.25, -0.2) is 0 Å². The van der Waals surface area contributed by atoms with Crippen molar-refractivity contribution in [2.24, 2.45) is 5.41 Å². The molecule has 0 aliphatic carbocycles. The van der Waals surface area contributed by atoms with Crippen molar-refractivity contribution in [3.05, 3.63) is 59.7 Å². The predicted molar refractivity (Wildman–Crippen MR) is 109 cm³/mol. The van der Waals surface area contributed by atoms with E-state index in [1.54, 1.807) is 18.9 Å². The molecule has 1 saturated heterocycles. The topological polar surface area (TPSA) is 32.7 Å². The SMILES string of the molecule is COc1cccc(CC2(CO)CCCN(Cc3ccc(SC)cc3)C2)c1. The lowest BCUT2D eigenvalue weighted by Crippen LogP contribution is -2.46. The highest BCUT2D eigenvalue weighted by Crippen LogP contribution is 2.34. The summed E-state index contributed by atoms with van der Waals surface area (Å²) in [7, 11) is 1.70. The second-order valence-electron chi connectivity index (χ2n) is 7.35. The summed E-state index contributed by atoms with van der Waals surface area (Å²) in [6.07, 6.45) is 5.20. The van der Waals surface area contributed by atoms with Crippen LogP contribution in [0.2, 0.25) is 0 Å². The van der Waals surface area contributed by atoms with Crippen molar-refractivity contribution in [2.75, 3.05) is 33.1 Å². The van der Waals surface area contributed by atoms with Crippen LogP contribution in [0, 0.1) is 5.41 Å². The van der Waals surface area contributed by atoms with Gasteiger partial charge < -0.3 is 9.84 Å². The van der Waals surface area contributed by atoms with Crippen LogP contribution >= 0.6 is 11.8 Å². The van der Waals surface area contributed by atoms with E-state index in [-0.39, 0.29) is 12.0 Å². The molecule has 1 heterocycles. The van der Waals surface area contributed by atoms with Crippen molar-refractivity contribution < 1.29 is 9.84 Å². The zero-order valence-electron chi connectivity index (χ0n) is 15.8. The molecule has 0 spiro atoms. The molecule has 3 rings (SSSR count). The smallest absolute Gasteiger partial charge is 0.119 e. The highest BCUT2D eigenvalue weighted by molar-refractivity contribution is 7.98. The summed E-state index contributed by atoms with van der Waals surface area (Å²) in [4.78, 5) is 3.80. The first-order valence-corrected chi connectivity index (χ1v) is 10.5. The summed E-state index contributed by atoms with van der Waals surface area (Å²) in [5.74, 6) is 0.886. The first-order chi connectivity index (χ1) is 12.7. The molecule has 1 fully saturated rings. The average molecular weight is 372 g/mol. The fourth-order valence-corrected chi connectivity index (χ4v) is 4.39.